The van der Waals surface area contributed by atoms with Crippen LogP contribution >= 0.6 is 27.5 Å². The number of halogens is 2. The summed E-state index contributed by atoms with van der Waals surface area (Å²) in [4.78, 5) is 10.9. The van der Waals surface area contributed by atoms with Gasteiger partial charge in [0.05, 0.1) is 0 Å². The number of Topliss-reactive ketones (excluding diaryl/α,β-unsaturated/α-hetero) is 1. The second-order valence-electron chi connectivity index (χ2n) is 2.72. The lowest BCUT2D eigenvalue weighted by atomic mass is 10.1. The fourth-order valence-corrected chi connectivity index (χ4v) is 1.60. The lowest BCUT2D eigenvalue weighted by Crippen LogP contribution is -2.01. The van der Waals surface area contributed by atoms with Gasteiger partial charge in [-0.05, 0) is 30.7 Å². The van der Waals surface area contributed by atoms with Crippen molar-refractivity contribution < 1.29 is 9.90 Å². The molecule has 0 aromatic heterocycles. The molecule has 0 saturated heterocycles. The molecule has 0 aliphatic heterocycles. The van der Waals surface area contributed by atoms with Crippen LogP contribution in [-0.4, -0.2) is 10.9 Å². The van der Waals surface area contributed by atoms with Crippen molar-refractivity contribution in [3.8, 4) is 5.75 Å². The molecule has 1 unspecified atom stereocenters. The van der Waals surface area contributed by atoms with E-state index in [-0.39, 0.29) is 11.5 Å². The van der Waals surface area contributed by atoms with Crippen LogP contribution in [0.2, 0.25) is 0 Å². The molecule has 0 amide bonds. The number of aromatic hydroxyl groups is 1. The van der Waals surface area contributed by atoms with E-state index in [4.69, 9.17) is 11.6 Å². The summed E-state index contributed by atoms with van der Waals surface area (Å²) in [5.74, 6) is -0.0459. The Bertz CT molecular complexity index is 318. The van der Waals surface area contributed by atoms with Crippen LogP contribution in [0.5, 0.6) is 5.75 Å². The van der Waals surface area contributed by atoms with Gasteiger partial charge in [-0.1, -0.05) is 15.9 Å². The highest BCUT2D eigenvalue weighted by Gasteiger charge is 2.13. The molecule has 13 heavy (non-hydrogen) atoms. The van der Waals surface area contributed by atoms with Crippen LogP contribution in [-0.2, 0) is 4.79 Å². The third-order valence-electron chi connectivity index (χ3n) is 1.55. The minimum Gasteiger partial charge on any atom is -0.508 e. The van der Waals surface area contributed by atoms with Gasteiger partial charge in [0.25, 0.3) is 0 Å². The summed E-state index contributed by atoms with van der Waals surface area (Å²) in [6.45, 7) is 1.41. The average Bonchev–Trinajstić information content (AvgIpc) is 2.01. The van der Waals surface area contributed by atoms with Crippen LogP contribution in [0.4, 0.5) is 0 Å². The van der Waals surface area contributed by atoms with E-state index in [0.717, 1.165) is 0 Å². The number of alkyl halides is 1. The Hall–Kier alpha value is -0.540. The first-order valence-electron chi connectivity index (χ1n) is 3.64. The van der Waals surface area contributed by atoms with E-state index in [0.29, 0.717) is 10.0 Å². The van der Waals surface area contributed by atoms with Gasteiger partial charge in [-0.3, -0.25) is 4.79 Å². The predicted molar refractivity (Wildman–Crippen MR) is 55.1 cm³/mol. The number of carbonyl (C=O) groups excluding carboxylic acids is 1. The summed E-state index contributed by atoms with van der Waals surface area (Å²) in [6.07, 6.45) is 0. The minimum atomic E-state index is -0.691. The monoisotopic (exact) mass is 262 g/mol. The maximum absolute atomic E-state index is 10.9. The van der Waals surface area contributed by atoms with Crippen LogP contribution < -0.4 is 0 Å². The van der Waals surface area contributed by atoms with E-state index in [9.17, 15) is 9.90 Å². The Balaban J connectivity index is 3.07. The van der Waals surface area contributed by atoms with Gasteiger partial charge in [-0.25, -0.2) is 0 Å². The topological polar surface area (TPSA) is 37.3 Å². The standard InChI is InChI=1S/C9H8BrClO2/c1-5(12)9(11)6-2-7(10)4-8(13)3-6/h2-4,9,13H,1H3. The third-order valence-corrected chi connectivity index (χ3v) is 2.57. The quantitative estimate of drug-likeness (QED) is 0.833. The number of rotatable bonds is 2. The highest BCUT2D eigenvalue weighted by Crippen LogP contribution is 2.28. The summed E-state index contributed by atoms with van der Waals surface area (Å²) in [7, 11) is 0. The number of benzene rings is 1. The highest BCUT2D eigenvalue weighted by molar-refractivity contribution is 9.10. The van der Waals surface area contributed by atoms with Crippen molar-refractivity contribution in [1.82, 2.24) is 0 Å². The van der Waals surface area contributed by atoms with Gasteiger partial charge >= 0.3 is 0 Å². The van der Waals surface area contributed by atoms with E-state index >= 15 is 0 Å². The average molecular weight is 264 g/mol. The molecular weight excluding hydrogens is 255 g/mol. The van der Waals surface area contributed by atoms with Crippen molar-refractivity contribution in [2.45, 2.75) is 12.3 Å². The number of hydrogen-bond donors (Lipinski definition) is 1. The zero-order chi connectivity index (χ0) is 10.0. The summed E-state index contributed by atoms with van der Waals surface area (Å²) < 4.78 is 0.703. The normalized spacial score (nSPS) is 12.5. The molecule has 1 aromatic carbocycles. The van der Waals surface area contributed by atoms with Crippen molar-refractivity contribution in [1.29, 1.82) is 0 Å². The number of phenolic OH excluding ortho intramolecular Hbond substituents is 1. The van der Waals surface area contributed by atoms with E-state index in [1.165, 1.54) is 19.1 Å². The molecule has 0 fully saturated rings. The van der Waals surface area contributed by atoms with Gasteiger partial charge in [0.15, 0.2) is 5.78 Å². The van der Waals surface area contributed by atoms with E-state index < -0.39 is 5.38 Å². The summed E-state index contributed by atoms with van der Waals surface area (Å²) >= 11 is 9.00. The molecule has 1 aromatic rings. The smallest absolute Gasteiger partial charge is 0.152 e. The first-order valence-corrected chi connectivity index (χ1v) is 4.87. The Labute approximate surface area is 89.7 Å². The molecule has 1 N–H and O–H groups in total. The largest absolute Gasteiger partial charge is 0.508 e. The molecule has 1 rings (SSSR count). The van der Waals surface area contributed by atoms with Gasteiger partial charge in [0.1, 0.15) is 11.1 Å². The van der Waals surface area contributed by atoms with Gasteiger partial charge in [-0.2, -0.15) is 0 Å². The van der Waals surface area contributed by atoms with Crippen LogP contribution in [0.25, 0.3) is 0 Å². The summed E-state index contributed by atoms with van der Waals surface area (Å²) in [6, 6.07) is 4.72. The Kier molecular flexibility index (Phi) is 3.33. The fraction of sp³-hybridized carbons (Fsp3) is 0.222. The highest BCUT2D eigenvalue weighted by atomic mass is 79.9. The second-order valence-corrected chi connectivity index (χ2v) is 4.07. The van der Waals surface area contributed by atoms with Crippen molar-refractivity contribution in [2.24, 2.45) is 0 Å². The SMILES string of the molecule is CC(=O)C(Cl)c1cc(O)cc(Br)c1. The maximum Gasteiger partial charge on any atom is 0.152 e. The van der Waals surface area contributed by atoms with Crippen LogP contribution in [0, 0.1) is 0 Å². The molecule has 4 heteroatoms. The minimum absolute atomic E-state index is 0.0938. The molecule has 0 spiro atoms. The number of hydrogen-bond acceptors (Lipinski definition) is 2. The number of ketones is 1. The molecular formula is C9H8BrClO2. The first kappa shape index (κ1) is 10.5. The molecule has 0 saturated carbocycles. The predicted octanol–water partition coefficient (Wildman–Crippen LogP) is 3.02. The van der Waals surface area contributed by atoms with E-state index in [1.54, 1.807) is 6.07 Å². The molecule has 0 bridgehead atoms. The van der Waals surface area contributed by atoms with Crippen LogP contribution in [0.3, 0.4) is 0 Å². The van der Waals surface area contributed by atoms with Crippen molar-refractivity contribution in [3.05, 3.63) is 28.2 Å². The lowest BCUT2D eigenvalue weighted by Gasteiger charge is -2.06. The van der Waals surface area contributed by atoms with Crippen molar-refractivity contribution in [3.63, 3.8) is 0 Å². The first-order chi connectivity index (χ1) is 6.00. The maximum atomic E-state index is 10.9. The zero-order valence-corrected chi connectivity index (χ0v) is 9.26. The molecule has 70 valence electrons. The van der Waals surface area contributed by atoms with Crippen LogP contribution in [0.1, 0.15) is 17.9 Å². The third kappa shape index (κ3) is 2.71. The summed E-state index contributed by atoms with van der Waals surface area (Å²) in [5, 5.41) is 8.53. The molecule has 0 heterocycles. The van der Waals surface area contributed by atoms with Crippen molar-refractivity contribution in [2.75, 3.05) is 0 Å². The second kappa shape index (κ2) is 4.11. The number of carbonyl (C=O) groups is 1. The molecule has 0 aliphatic rings. The fourth-order valence-electron chi connectivity index (χ4n) is 0.977. The molecule has 0 radical (unpaired) electrons. The Morgan fingerprint density at radius 1 is 1.54 bits per heavy atom. The Morgan fingerprint density at radius 3 is 2.62 bits per heavy atom. The molecule has 1 atom stereocenters. The van der Waals surface area contributed by atoms with Crippen LogP contribution in [0.15, 0.2) is 22.7 Å². The Morgan fingerprint density at radius 2 is 2.15 bits per heavy atom. The molecule has 0 aliphatic carbocycles. The van der Waals surface area contributed by atoms with Gasteiger partial charge in [-0.15, -0.1) is 11.6 Å². The van der Waals surface area contributed by atoms with Gasteiger partial charge < -0.3 is 5.11 Å². The molecule has 2 nitrogen and oxygen atoms in total. The van der Waals surface area contributed by atoms with Gasteiger partial charge in [0, 0.05) is 4.47 Å². The number of phenols is 1. The van der Waals surface area contributed by atoms with E-state index in [2.05, 4.69) is 15.9 Å². The van der Waals surface area contributed by atoms with E-state index in [1.807, 2.05) is 0 Å². The zero-order valence-electron chi connectivity index (χ0n) is 6.92. The van der Waals surface area contributed by atoms with Gasteiger partial charge in [0.2, 0.25) is 0 Å². The van der Waals surface area contributed by atoms with Crippen molar-refractivity contribution >= 4 is 33.3 Å². The summed E-state index contributed by atoms with van der Waals surface area (Å²) in [5.41, 5.74) is 0.598. The lowest BCUT2D eigenvalue weighted by molar-refractivity contribution is -0.116.